The Balaban J connectivity index is 1.62. The lowest BCUT2D eigenvalue weighted by molar-refractivity contribution is -0.142. The fraction of sp³-hybridized carbons (Fsp3) is 0.543. The molecule has 0 spiro atoms. The van der Waals surface area contributed by atoms with Crippen LogP contribution in [0.2, 0.25) is 0 Å². The molecule has 65 heavy (non-hydrogen) atoms. The normalized spacial score (nSPS) is 13.7. The third-order valence-corrected chi connectivity index (χ3v) is 10.6. The van der Waals surface area contributed by atoms with Crippen LogP contribution in [0.1, 0.15) is 121 Å². The van der Waals surface area contributed by atoms with Crippen molar-refractivity contribution in [2.75, 3.05) is 0 Å². The Labute approximate surface area is 380 Å². The first-order valence-electron chi connectivity index (χ1n) is 22.3. The zero-order valence-electron chi connectivity index (χ0n) is 37.3. The molecule has 0 radical (unpaired) electrons. The van der Waals surface area contributed by atoms with Crippen molar-refractivity contribution in [3.05, 3.63) is 71.8 Å². The van der Waals surface area contributed by atoms with Gasteiger partial charge in [0, 0.05) is 25.7 Å². The topological polar surface area (TPSA) is 332 Å². The third-order valence-electron chi connectivity index (χ3n) is 10.6. The number of hydrogen-bond donors (Lipinski definition) is 10. The molecule has 0 fully saturated rings. The monoisotopic (exact) mass is 909 g/mol. The van der Waals surface area contributed by atoms with Crippen LogP contribution < -0.4 is 43.8 Å². The van der Waals surface area contributed by atoms with Gasteiger partial charge in [0.1, 0.15) is 30.2 Å². The molecule has 0 unspecified atom stereocenters. The highest BCUT2D eigenvalue weighted by Crippen LogP contribution is 2.14. The van der Waals surface area contributed by atoms with Gasteiger partial charge in [-0.3, -0.25) is 38.4 Å². The van der Waals surface area contributed by atoms with Gasteiger partial charge in [0.2, 0.25) is 47.3 Å². The molecule has 0 aliphatic heterocycles. The number of carboxylic acid groups (broad SMARTS) is 1. The lowest BCUT2D eigenvalue weighted by Crippen LogP contribution is -2.59. The number of aliphatic hydroxyl groups is 1. The summed E-state index contributed by atoms with van der Waals surface area (Å²) in [4.78, 5) is 112. The second-order valence-electron chi connectivity index (χ2n) is 16.3. The Morgan fingerprint density at radius 1 is 0.477 bits per heavy atom. The summed E-state index contributed by atoms with van der Waals surface area (Å²) in [7, 11) is 0. The van der Waals surface area contributed by atoms with E-state index in [1.165, 1.54) is 6.92 Å². The summed E-state index contributed by atoms with van der Waals surface area (Å²) in [6.07, 6.45) is 8.63. The first-order valence-corrected chi connectivity index (χ1v) is 22.3. The van der Waals surface area contributed by atoms with Crippen LogP contribution in [-0.4, -0.2) is 99.8 Å². The molecule has 8 amide bonds. The number of unbranched alkanes of at least 4 members (excludes halogenated alkanes) is 11. The minimum atomic E-state index is -1.50. The number of rotatable bonds is 34. The summed E-state index contributed by atoms with van der Waals surface area (Å²) >= 11 is 0. The van der Waals surface area contributed by atoms with Crippen LogP contribution in [0.5, 0.6) is 0 Å². The number of amides is 8. The van der Waals surface area contributed by atoms with Gasteiger partial charge in [0.25, 0.3) is 0 Å². The molecule has 0 aliphatic rings. The van der Waals surface area contributed by atoms with Crippen molar-refractivity contribution in [3.63, 3.8) is 0 Å². The Kier molecular flexibility index (Phi) is 25.8. The molecule has 2 aromatic rings. The zero-order valence-corrected chi connectivity index (χ0v) is 37.3. The zero-order chi connectivity index (χ0) is 48.1. The van der Waals surface area contributed by atoms with E-state index >= 15 is 0 Å². The van der Waals surface area contributed by atoms with Crippen LogP contribution in [0.15, 0.2) is 60.7 Å². The van der Waals surface area contributed by atoms with E-state index < -0.39 is 102 Å². The maximum atomic E-state index is 13.1. The maximum Gasteiger partial charge on any atom is 0.326 e. The molecule has 6 atom stereocenters. The average molecular weight is 909 g/mol. The molecule has 19 heteroatoms. The van der Waals surface area contributed by atoms with Gasteiger partial charge in [-0.15, -0.1) is 0 Å². The predicted molar refractivity (Wildman–Crippen MR) is 241 cm³/mol. The molecule has 0 heterocycles. The second-order valence-corrected chi connectivity index (χ2v) is 16.3. The van der Waals surface area contributed by atoms with Crippen LogP contribution in [0.4, 0.5) is 0 Å². The summed E-state index contributed by atoms with van der Waals surface area (Å²) in [6, 6.07) is 10.9. The highest BCUT2D eigenvalue weighted by Gasteiger charge is 2.32. The third kappa shape index (κ3) is 23.8. The van der Waals surface area contributed by atoms with Gasteiger partial charge in [-0.2, -0.15) is 0 Å². The van der Waals surface area contributed by atoms with Crippen LogP contribution in [0.3, 0.4) is 0 Å². The molecule has 0 saturated heterocycles. The van der Waals surface area contributed by atoms with E-state index in [9.17, 15) is 53.4 Å². The number of primary amides is 3. The summed E-state index contributed by atoms with van der Waals surface area (Å²) in [5, 5.41) is 32.2. The van der Waals surface area contributed by atoms with Crippen LogP contribution in [-0.2, 0) is 56.0 Å². The first kappa shape index (κ1) is 54.8. The Morgan fingerprint density at radius 3 is 1.22 bits per heavy atom. The van der Waals surface area contributed by atoms with Crippen molar-refractivity contribution in [2.45, 2.75) is 159 Å². The number of carbonyl (C=O) groups is 9. The minimum Gasteiger partial charge on any atom is -0.480 e. The number of nitrogens with two attached hydrogens (primary N) is 3. The van der Waals surface area contributed by atoms with Gasteiger partial charge in [-0.1, -0.05) is 125 Å². The number of carbonyl (C=O) groups excluding carboxylic acids is 8. The predicted octanol–water partition coefficient (Wildman–Crippen LogP) is 1.06. The highest BCUT2D eigenvalue weighted by molar-refractivity contribution is 5.96. The molecule has 2 aromatic carbocycles. The molecule has 0 aromatic heterocycles. The number of aliphatic hydroxyl groups excluding tert-OH is 1. The molecule has 19 nitrogen and oxygen atoms in total. The smallest absolute Gasteiger partial charge is 0.326 e. The van der Waals surface area contributed by atoms with E-state index in [4.69, 9.17) is 17.2 Å². The number of hydrogen-bond acceptors (Lipinski definition) is 10. The fourth-order valence-electron chi connectivity index (χ4n) is 7.01. The van der Waals surface area contributed by atoms with E-state index in [-0.39, 0.29) is 25.7 Å². The largest absolute Gasteiger partial charge is 0.480 e. The second kappa shape index (κ2) is 30.7. The molecule has 13 N–H and O–H groups in total. The molecular weight excluding hydrogens is 841 g/mol. The average Bonchev–Trinajstić information content (AvgIpc) is 3.24. The van der Waals surface area contributed by atoms with Crippen LogP contribution in [0.25, 0.3) is 0 Å². The molecule has 358 valence electrons. The number of benzene rings is 2. The molecule has 0 saturated carbocycles. The number of nitrogens with one attached hydrogen (secondary N) is 5. The first-order chi connectivity index (χ1) is 31.0. The number of carboxylic acids is 1. The van der Waals surface area contributed by atoms with E-state index in [2.05, 4.69) is 26.6 Å². The van der Waals surface area contributed by atoms with E-state index in [1.807, 2.05) is 0 Å². The molecule has 0 aliphatic carbocycles. The summed E-state index contributed by atoms with van der Waals surface area (Å²) < 4.78 is 0. The Hall–Kier alpha value is -6.37. The summed E-state index contributed by atoms with van der Waals surface area (Å²) in [6.45, 7) is 1.30. The summed E-state index contributed by atoms with van der Waals surface area (Å²) in [5.41, 5.74) is 17.5. The Bertz CT molecular complexity index is 1850. The van der Waals surface area contributed by atoms with Crippen molar-refractivity contribution in [1.29, 1.82) is 0 Å². The van der Waals surface area contributed by atoms with Crippen molar-refractivity contribution < 1.29 is 53.4 Å². The molecule has 0 bridgehead atoms. The van der Waals surface area contributed by atoms with E-state index in [1.54, 1.807) is 60.7 Å². The minimum absolute atomic E-state index is 0.0262. The van der Waals surface area contributed by atoms with Crippen molar-refractivity contribution in [2.24, 2.45) is 17.2 Å². The van der Waals surface area contributed by atoms with Crippen LogP contribution >= 0.6 is 0 Å². The van der Waals surface area contributed by atoms with Gasteiger partial charge in [-0.25, -0.2) is 4.79 Å². The van der Waals surface area contributed by atoms with Crippen molar-refractivity contribution in [1.82, 2.24) is 26.6 Å². The SMILES string of the molecule is C[C@@H](O)[C@H](NC(=O)CCCCCCCCCCCCCCC(=O)N[C@@H](CC(N)=O)C(=O)N[C@@H](Cc1ccccc1)C(=O)O)C(=O)N[C@@H](CC(N)=O)C(=O)N[C@@H](Cc1ccccc1)C(N)=O. The highest BCUT2D eigenvalue weighted by atomic mass is 16.4. The lowest BCUT2D eigenvalue weighted by Gasteiger charge is -2.25. The van der Waals surface area contributed by atoms with Crippen molar-refractivity contribution in [3.8, 4) is 0 Å². The maximum absolute atomic E-state index is 13.1. The fourth-order valence-corrected chi connectivity index (χ4v) is 7.01. The number of aliphatic carboxylic acids is 1. The standard InChI is InChI=1S/C46H68N8O11/c1-30(55)41(45(63)52-35(29-38(48)57)44(62)51-33(42(49)60)26-31-20-14-12-15-21-31)54-40(59)25-19-11-9-7-5-3-2-4-6-8-10-18-24-39(58)50-34(28-37(47)56)43(61)53-36(46(64)65)27-32-22-16-13-17-23-32/h12-17,20-23,30,33-36,41,55H,2-11,18-19,24-29H2,1H3,(H2,47,56)(H2,48,57)(H2,49,60)(H,50,58)(H,51,62)(H,52,63)(H,53,61)(H,54,59)(H,64,65)/t30-,33+,34+,35+,36+,41+/m1/s1. The van der Waals surface area contributed by atoms with Gasteiger partial charge in [0.05, 0.1) is 18.9 Å². The van der Waals surface area contributed by atoms with Gasteiger partial charge >= 0.3 is 5.97 Å². The van der Waals surface area contributed by atoms with Gasteiger partial charge in [-0.05, 0) is 30.9 Å². The Morgan fingerprint density at radius 2 is 0.831 bits per heavy atom. The van der Waals surface area contributed by atoms with Gasteiger partial charge in [0.15, 0.2) is 0 Å². The quantitative estimate of drug-likeness (QED) is 0.0443. The molecule has 2 rings (SSSR count). The van der Waals surface area contributed by atoms with Crippen LogP contribution in [0, 0.1) is 0 Å². The molecular formula is C46H68N8O11. The van der Waals surface area contributed by atoms with Crippen molar-refractivity contribution >= 4 is 53.2 Å². The van der Waals surface area contributed by atoms with E-state index in [0.717, 1.165) is 64.2 Å². The summed E-state index contributed by atoms with van der Waals surface area (Å²) in [5.74, 6) is -7.31. The van der Waals surface area contributed by atoms with Gasteiger partial charge < -0.3 is 54.0 Å². The van der Waals surface area contributed by atoms with E-state index in [0.29, 0.717) is 24.0 Å². The lowest BCUT2D eigenvalue weighted by atomic mass is 10.0.